The van der Waals surface area contributed by atoms with E-state index in [1.54, 1.807) is 36.4 Å². The summed E-state index contributed by atoms with van der Waals surface area (Å²) in [5.41, 5.74) is 2.18. The Labute approximate surface area is 187 Å². The first kappa shape index (κ1) is 24.8. The van der Waals surface area contributed by atoms with Gasteiger partial charge in [0.05, 0.1) is 11.9 Å². The van der Waals surface area contributed by atoms with Crippen LogP contribution in [0.5, 0.6) is 0 Å². The molecule has 7 nitrogen and oxygen atoms in total. The Bertz CT molecular complexity index is 1210. The van der Waals surface area contributed by atoms with Crippen molar-refractivity contribution in [2.75, 3.05) is 12.9 Å². The Morgan fingerprint density at radius 2 is 1.66 bits per heavy atom. The average Bonchev–Trinajstić information content (AvgIpc) is 2.73. The predicted molar refractivity (Wildman–Crippen MR) is 120 cm³/mol. The standard InChI is InChI=1S/C24H23NO6S/c1-17(27)23(22(28)15-26)25-24(29)21-12-10-18(11-13-21)6-3-4-7-19-8-5-9-20(14-19)16-32(2,30)31/h5,8-14,17,23,26-27H,15-16H2,1-2H3,(H,25,29)/t17-,23+/m1/s1. The highest BCUT2D eigenvalue weighted by Gasteiger charge is 2.25. The van der Waals surface area contributed by atoms with Gasteiger partial charge >= 0.3 is 0 Å². The van der Waals surface area contributed by atoms with Gasteiger partial charge in [-0.3, -0.25) is 9.59 Å². The molecule has 0 fully saturated rings. The van der Waals surface area contributed by atoms with Crippen LogP contribution < -0.4 is 5.32 Å². The third kappa shape index (κ3) is 8.01. The van der Waals surface area contributed by atoms with E-state index in [-0.39, 0.29) is 11.3 Å². The zero-order valence-corrected chi connectivity index (χ0v) is 18.4. The molecule has 3 N–H and O–H groups in total. The quantitative estimate of drug-likeness (QED) is 0.530. The average molecular weight is 454 g/mol. The highest BCUT2D eigenvalue weighted by molar-refractivity contribution is 7.89. The lowest BCUT2D eigenvalue weighted by atomic mass is 10.1. The number of benzene rings is 2. The van der Waals surface area contributed by atoms with Crippen LogP contribution >= 0.6 is 0 Å². The minimum atomic E-state index is -3.13. The van der Waals surface area contributed by atoms with Crippen molar-refractivity contribution in [2.45, 2.75) is 24.8 Å². The largest absolute Gasteiger partial charge is 0.391 e. The maximum Gasteiger partial charge on any atom is 0.251 e. The third-order valence-corrected chi connectivity index (χ3v) is 5.11. The molecule has 0 aliphatic rings. The number of nitrogens with one attached hydrogen (secondary N) is 1. The van der Waals surface area contributed by atoms with Crippen molar-refractivity contribution in [3.05, 3.63) is 70.8 Å². The Morgan fingerprint density at radius 1 is 1.03 bits per heavy atom. The Hall–Kier alpha value is -3.43. The van der Waals surface area contributed by atoms with E-state index in [0.29, 0.717) is 16.7 Å². The van der Waals surface area contributed by atoms with Gasteiger partial charge in [-0.2, -0.15) is 0 Å². The van der Waals surface area contributed by atoms with Gasteiger partial charge in [0.1, 0.15) is 12.6 Å². The number of amides is 1. The molecule has 0 aromatic heterocycles. The van der Waals surface area contributed by atoms with E-state index in [2.05, 4.69) is 29.0 Å². The maximum atomic E-state index is 12.3. The first-order chi connectivity index (χ1) is 15.1. The van der Waals surface area contributed by atoms with Crippen molar-refractivity contribution < 1.29 is 28.2 Å². The minimum Gasteiger partial charge on any atom is -0.391 e. The summed E-state index contributed by atoms with van der Waals surface area (Å²) in [6.07, 6.45) is 0.0284. The number of sulfone groups is 1. The van der Waals surface area contributed by atoms with Crippen LogP contribution in [0.15, 0.2) is 48.5 Å². The molecule has 0 unspecified atom stereocenters. The van der Waals surface area contributed by atoms with Gasteiger partial charge in [-0.25, -0.2) is 8.42 Å². The number of rotatable bonds is 7. The molecule has 2 aromatic carbocycles. The molecule has 2 rings (SSSR count). The van der Waals surface area contributed by atoms with Crippen molar-refractivity contribution in [1.29, 1.82) is 0 Å². The second-order valence-electron chi connectivity index (χ2n) is 7.16. The van der Waals surface area contributed by atoms with Gasteiger partial charge in [-0.1, -0.05) is 24.0 Å². The number of aliphatic hydroxyl groups is 2. The second kappa shape index (κ2) is 11.3. The van der Waals surface area contributed by atoms with Crippen LogP contribution in [0, 0.1) is 23.7 Å². The van der Waals surface area contributed by atoms with E-state index in [1.165, 1.54) is 25.3 Å². The number of hydrogen-bond donors (Lipinski definition) is 3. The Kier molecular flexibility index (Phi) is 8.74. The lowest BCUT2D eigenvalue weighted by Crippen LogP contribution is -2.48. The molecule has 0 bridgehead atoms. The monoisotopic (exact) mass is 453 g/mol. The van der Waals surface area contributed by atoms with Gasteiger partial charge in [0.15, 0.2) is 15.6 Å². The number of carbonyl (C=O) groups is 2. The van der Waals surface area contributed by atoms with Crippen molar-refractivity contribution in [2.24, 2.45) is 0 Å². The summed E-state index contributed by atoms with van der Waals surface area (Å²) < 4.78 is 22.8. The van der Waals surface area contributed by atoms with Crippen molar-refractivity contribution >= 4 is 21.5 Å². The van der Waals surface area contributed by atoms with E-state index in [1.807, 2.05) is 0 Å². The highest BCUT2D eigenvalue weighted by Crippen LogP contribution is 2.08. The maximum absolute atomic E-state index is 12.3. The minimum absolute atomic E-state index is 0.0553. The fraction of sp³-hybridized carbons (Fsp3) is 0.250. The molecule has 0 heterocycles. The zero-order valence-electron chi connectivity index (χ0n) is 17.6. The molecule has 0 radical (unpaired) electrons. The molecule has 166 valence electrons. The first-order valence-corrected chi connectivity index (χ1v) is 11.7. The zero-order chi connectivity index (χ0) is 23.7. The van der Waals surface area contributed by atoms with Gasteiger partial charge in [0, 0.05) is 22.9 Å². The van der Waals surface area contributed by atoms with Crippen molar-refractivity contribution in [3.63, 3.8) is 0 Å². The molecule has 1 amide bonds. The summed E-state index contributed by atoms with van der Waals surface area (Å²) in [7, 11) is -3.13. The van der Waals surface area contributed by atoms with Gasteiger partial charge in [0.25, 0.3) is 5.91 Å². The van der Waals surface area contributed by atoms with Crippen LogP contribution in [0.4, 0.5) is 0 Å². The fourth-order valence-electron chi connectivity index (χ4n) is 2.75. The molecule has 0 aliphatic heterocycles. The molecule has 0 aliphatic carbocycles. The Morgan fingerprint density at radius 3 is 2.22 bits per heavy atom. The molecule has 0 saturated carbocycles. The lowest BCUT2D eigenvalue weighted by molar-refractivity contribution is -0.125. The van der Waals surface area contributed by atoms with E-state index in [4.69, 9.17) is 5.11 Å². The van der Waals surface area contributed by atoms with Crippen LogP contribution in [0.2, 0.25) is 0 Å². The molecular formula is C24H23NO6S. The summed E-state index contributed by atoms with van der Waals surface area (Å²) in [5.74, 6) is 9.81. The fourth-order valence-corrected chi connectivity index (χ4v) is 3.53. The SMILES string of the molecule is C[C@@H](O)[C@H](NC(=O)c1ccc(C#CC#Cc2cccc(CS(C)(=O)=O)c2)cc1)C(=O)CO. The summed E-state index contributed by atoms with van der Waals surface area (Å²) in [5, 5.41) is 21.0. The summed E-state index contributed by atoms with van der Waals surface area (Å²) in [4.78, 5) is 23.9. The summed E-state index contributed by atoms with van der Waals surface area (Å²) in [6.45, 7) is 0.563. The topological polar surface area (TPSA) is 121 Å². The predicted octanol–water partition coefficient (Wildman–Crippen LogP) is 0.675. The van der Waals surface area contributed by atoms with E-state index in [0.717, 1.165) is 0 Å². The van der Waals surface area contributed by atoms with E-state index >= 15 is 0 Å². The second-order valence-corrected chi connectivity index (χ2v) is 9.30. The molecule has 8 heteroatoms. The first-order valence-electron chi connectivity index (χ1n) is 9.60. The number of carbonyl (C=O) groups excluding carboxylic acids is 2. The number of aliphatic hydroxyl groups excluding tert-OH is 2. The highest BCUT2D eigenvalue weighted by atomic mass is 32.2. The summed E-state index contributed by atoms with van der Waals surface area (Å²) >= 11 is 0. The molecule has 2 aromatic rings. The number of ketones is 1. The molecule has 0 spiro atoms. The smallest absolute Gasteiger partial charge is 0.251 e. The molecule has 0 saturated heterocycles. The number of Topliss-reactive ketones (excluding diaryl/α,β-unsaturated/α-hetero) is 1. The van der Waals surface area contributed by atoms with Gasteiger partial charge < -0.3 is 15.5 Å². The normalized spacial score (nSPS) is 12.4. The summed E-state index contributed by atoms with van der Waals surface area (Å²) in [6, 6.07) is 12.0. The molecule has 2 atom stereocenters. The molecule has 32 heavy (non-hydrogen) atoms. The van der Waals surface area contributed by atoms with Gasteiger partial charge in [-0.15, -0.1) is 0 Å². The van der Waals surface area contributed by atoms with E-state index < -0.39 is 40.3 Å². The van der Waals surface area contributed by atoms with Crippen LogP contribution in [0.1, 0.15) is 34.0 Å². The lowest BCUT2D eigenvalue weighted by Gasteiger charge is -2.19. The number of hydrogen-bond acceptors (Lipinski definition) is 6. The van der Waals surface area contributed by atoms with Crippen LogP contribution in [0.3, 0.4) is 0 Å². The van der Waals surface area contributed by atoms with Crippen LogP contribution in [-0.2, 0) is 20.4 Å². The van der Waals surface area contributed by atoms with Gasteiger partial charge in [-0.05, 0) is 60.7 Å². The van der Waals surface area contributed by atoms with E-state index in [9.17, 15) is 23.1 Å². The van der Waals surface area contributed by atoms with Crippen molar-refractivity contribution in [1.82, 2.24) is 5.32 Å². The van der Waals surface area contributed by atoms with Crippen LogP contribution in [0.25, 0.3) is 0 Å². The van der Waals surface area contributed by atoms with Crippen LogP contribution in [-0.4, -0.2) is 55.3 Å². The van der Waals surface area contributed by atoms with Gasteiger partial charge in [0.2, 0.25) is 0 Å². The molecular weight excluding hydrogens is 430 g/mol. The van der Waals surface area contributed by atoms with Crippen molar-refractivity contribution in [3.8, 4) is 23.7 Å². The third-order valence-electron chi connectivity index (χ3n) is 4.25. The Balaban J connectivity index is 2.05.